The molecule has 0 bridgehead atoms. The summed E-state index contributed by atoms with van der Waals surface area (Å²) in [6.45, 7) is 0. The van der Waals surface area contributed by atoms with E-state index in [-0.39, 0.29) is 11.2 Å². The minimum absolute atomic E-state index is 0.0375. The van der Waals surface area contributed by atoms with E-state index in [1.807, 2.05) is 30.3 Å². The van der Waals surface area contributed by atoms with Crippen molar-refractivity contribution in [1.82, 2.24) is 4.98 Å². The Balaban J connectivity index is 1.62. The molecule has 0 saturated carbocycles. The number of methoxy groups -OCH3 is 1. The Kier molecular flexibility index (Phi) is 4.50. The van der Waals surface area contributed by atoms with Crippen LogP contribution < -0.4 is 15.1 Å². The Bertz CT molecular complexity index is 1620. The molecule has 0 N–H and O–H groups in total. The molecular formula is C25H15ClN2O4S. The van der Waals surface area contributed by atoms with Crippen LogP contribution in [0.2, 0.25) is 5.02 Å². The molecule has 0 unspecified atom stereocenters. The molecule has 0 spiro atoms. The number of anilines is 1. The number of nitrogens with zero attached hydrogens (tertiary/aromatic N) is 2. The number of amides is 1. The molecule has 1 aliphatic rings. The summed E-state index contributed by atoms with van der Waals surface area (Å²) >= 11 is 7.46. The number of hydrogen-bond acceptors (Lipinski definition) is 6. The molecule has 5 aromatic rings. The van der Waals surface area contributed by atoms with E-state index in [1.165, 1.54) is 16.2 Å². The third-order valence-electron chi connectivity index (χ3n) is 5.75. The minimum Gasteiger partial charge on any atom is -0.497 e. The number of thiazole rings is 1. The Labute approximate surface area is 196 Å². The van der Waals surface area contributed by atoms with Gasteiger partial charge in [0.25, 0.3) is 5.91 Å². The molecule has 0 radical (unpaired) electrons. The van der Waals surface area contributed by atoms with E-state index >= 15 is 0 Å². The fourth-order valence-electron chi connectivity index (χ4n) is 4.20. The number of aromatic nitrogens is 1. The number of halogens is 1. The molecule has 33 heavy (non-hydrogen) atoms. The smallest absolute Gasteiger partial charge is 0.297 e. The highest BCUT2D eigenvalue weighted by Gasteiger charge is 2.45. The molecule has 0 saturated heterocycles. The number of hydrogen-bond donors (Lipinski definition) is 0. The van der Waals surface area contributed by atoms with Crippen LogP contribution in [-0.4, -0.2) is 18.0 Å². The Hall–Kier alpha value is -3.68. The van der Waals surface area contributed by atoms with Gasteiger partial charge < -0.3 is 9.15 Å². The van der Waals surface area contributed by atoms with Gasteiger partial charge in [0.05, 0.1) is 34.3 Å². The van der Waals surface area contributed by atoms with E-state index in [0.29, 0.717) is 32.4 Å². The monoisotopic (exact) mass is 474 g/mol. The number of carbonyl (C=O) groups is 1. The van der Waals surface area contributed by atoms with Gasteiger partial charge in [-0.05, 0) is 48.0 Å². The van der Waals surface area contributed by atoms with E-state index < -0.39 is 11.9 Å². The van der Waals surface area contributed by atoms with Crippen molar-refractivity contribution in [1.29, 1.82) is 0 Å². The zero-order valence-electron chi connectivity index (χ0n) is 17.2. The minimum atomic E-state index is -0.687. The molecular weight excluding hydrogens is 460 g/mol. The largest absolute Gasteiger partial charge is 0.497 e. The Morgan fingerprint density at radius 3 is 2.64 bits per heavy atom. The molecule has 1 aliphatic heterocycles. The maximum absolute atomic E-state index is 13.7. The normalized spacial score (nSPS) is 15.4. The molecule has 3 aromatic carbocycles. The van der Waals surface area contributed by atoms with Crippen molar-refractivity contribution in [2.45, 2.75) is 6.04 Å². The van der Waals surface area contributed by atoms with Gasteiger partial charge in [0.1, 0.15) is 11.3 Å². The van der Waals surface area contributed by atoms with Crippen LogP contribution in [0.3, 0.4) is 0 Å². The lowest BCUT2D eigenvalue weighted by Gasteiger charge is -2.22. The highest BCUT2D eigenvalue weighted by atomic mass is 35.5. The molecule has 1 amide bonds. The summed E-state index contributed by atoms with van der Waals surface area (Å²) in [5.74, 6) is 0.334. The summed E-state index contributed by atoms with van der Waals surface area (Å²) in [5, 5.41) is 1.46. The predicted molar refractivity (Wildman–Crippen MR) is 129 cm³/mol. The summed E-state index contributed by atoms with van der Waals surface area (Å²) < 4.78 is 12.2. The molecule has 8 heteroatoms. The summed E-state index contributed by atoms with van der Waals surface area (Å²) in [7, 11) is 1.60. The van der Waals surface area contributed by atoms with Crippen molar-refractivity contribution in [2.24, 2.45) is 0 Å². The maximum Gasteiger partial charge on any atom is 0.297 e. The van der Waals surface area contributed by atoms with Crippen LogP contribution in [0.4, 0.5) is 5.13 Å². The number of para-hydroxylation sites is 1. The second-order valence-corrected chi connectivity index (χ2v) is 9.08. The van der Waals surface area contributed by atoms with Crippen molar-refractivity contribution in [3.63, 3.8) is 0 Å². The SMILES string of the molecule is COc1ccc2nc(N3C(=O)c4oc5ccccc5c(=O)c4[C@H]3c3ccc(Cl)cc3)sc2c1. The fraction of sp³-hybridized carbons (Fsp3) is 0.0800. The van der Waals surface area contributed by atoms with Crippen LogP contribution in [0.25, 0.3) is 21.2 Å². The molecule has 0 fully saturated rings. The van der Waals surface area contributed by atoms with Gasteiger partial charge in [-0.3, -0.25) is 14.5 Å². The second kappa shape index (κ2) is 7.43. The topological polar surface area (TPSA) is 72.6 Å². The zero-order chi connectivity index (χ0) is 22.7. The summed E-state index contributed by atoms with van der Waals surface area (Å²) in [6, 6.07) is 18.9. The molecule has 6 nitrogen and oxygen atoms in total. The van der Waals surface area contributed by atoms with E-state index in [4.69, 9.17) is 25.7 Å². The van der Waals surface area contributed by atoms with E-state index in [9.17, 15) is 9.59 Å². The van der Waals surface area contributed by atoms with Crippen LogP contribution in [0.5, 0.6) is 5.75 Å². The quantitative estimate of drug-likeness (QED) is 0.329. The first kappa shape index (κ1) is 20.0. The van der Waals surface area contributed by atoms with Crippen molar-refractivity contribution < 1.29 is 13.9 Å². The van der Waals surface area contributed by atoms with Crippen molar-refractivity contribution in [2.75, 3.05) is 12.0 Å². The lowest BCUT2D eigenvalue weighted by Crippen LogP contribution is -2.29. The zero-order valence-corrected chi connectivity index (χ0v) is 18.8. The lowest BCUT2D eigenvalue weighted by atomic mass is 9.99. The Morgan fingerprint density at radius 1 is 1.06 bits per heavy atom. The lowest BCUT2D eigenvalue weighted by molar-refractivity contribution is 0.0971. The van der Waals surface area contributed by atoms with Crippen molar-refractivity contribution in [3.8, 4) is 5.75 Å². The van der Waals surface area contributed by atoms with Crippen LogP contribution >= 0.6 is 22.9 Å². The third-order valence-corrected chi connectivity index (χ3v) is 7.02. The number of benzene rings is 3. The van der Waals surface area contributed by atoms with Crippen molar-refractivity contribution >= 4 is 55.2 Å². The highest BCUT2D eigenvalue weighted by molar-refractivity contribution is 7.22. The molecule has 162 valence electrons. The summed E-state index contributed by atoms with van der Waals surface area (Å²) in [4.78, 5) is 33.4. The number of ether oxygens (including phenoxy) is 1. The predicted octanol–water partition coefficient (Wildman–Crippen LogP) is 5.81. The van der Waals surface area contributed by atoms with E-state index in [0.717, 1.165) is 15.8 Å². The molecule has 0 aliphatic carbocycles. The summed E-state index contributed by atoms with van der Waals surface area (Å²) in [5.41, 5.74) is 1.92. The van der Waals surface area contributed by atoms with Crippen LogP contribution in [0, 0.1) is 0 Å². The third kappa shape index (κ3) is 3.04. The summed E-state index contributed by atoms with van der Waals surface area (Å²) in [6.07, 6.45) is 0. The van der Waals surface area contributed by atoms with Gasteiger partial charge in [-0.25, -0.2) is 4.98 Å². The maximum atomic E-state index is 13.7. The number of fused-ring (bicyclic) bond motifs is 3. The first-order chi connectivity index (χ1) is 16.0. The average Bonchev–Trinajstić information content (AvgIpc) is 3.38. The van der Waals surface area contributed by atoms with Gasteiger partial charge >= 0.3 is 0 Å². The van der Waals surface area contributed by atoms with Crippen LogP contribution in [-0.2, 0) is 0 Å². The first-order valence-corrected chi connectivity index (χ1v) is 11.3. The number of carbonyl (C=O) groups excluding carboxylic acids is 1. The van der Waals surface area contributed by atoms with Gasteiger partial charge in [0.15, 0.2) is 10.6 Å². The molecule has 1 atom stereocenters. The van der Waals surface area contributed by atoms with E-state index in [2.05, 4.69) is 0 Å². The molecule has 3 heterocycles. The van der Waals surface area contributed by atoms with Gasteiger partial charge in [0.2, 0.25) is 5.76 Å². The molecule has 2 aromatic heterocycles. The van der Waals surface area contributed by atoms with Gasteiger partial charge in [0, 0.05) is 5.02 Å². The second-order valence-electron chi connectivity index (χ2n) is 7.63. The van der Waals surface area contributed by atoms with Crippen molar-refractivity contribution in [3.05, 3.63) is 98.9 Å². The molecule has 6 rings (SSSR count). The van der Waals surface area contributed by atoms with E-state index in [1.54, 1.807) is 43.5 Å². The average molecular weight is 475 g/mol. The van der Waals surface area contributed by atoms with Gasteiger partial charge in [-0.15, -0.1) is 0 Å². The number of rotatable bonds is 3. The fourth-order valence-corrected chi connectivity index (χ4v) is 5.35. The highest BCUT2D eigenvalue weighted by Crippen LogP contribution is 2.44. The van der Waals surface area contributed by atoms with Gasteiger partial charge in [-0.2, -0.15) is 0 Å². The van der Waals surface area contributed by atoms with Gasteiger partial charge in [-0.1, -0.05) is 47.2 Å². The first-order valence-electron chi connectivity index (χ1n) is 10.1. The Morgan fingerprint density at radius 2 is 1.85 bits per heavy atom. The van der Waals surface area contributed by atoms with Crippen LogP contribution in [0.1, 0.15) is 27.7 Å². The standard InChI is InChI=1S/C25H15ClN2O4S/c1-31-15-10-11-17-19(12-15)33-25(27-17)28-21(13-6-8-14(26)9-7-13)20-22(29)16-4-2-3-5-18(16)32-23(20)24(28)30/h2-12,21H,1H3/t21-/m1/s1. The van der Waals surface area contributed by atoms with Crippen LogP contribution in [0.15, 0.2) is 75.9 Å².